The fourth-order valence-electron chi connectivity index (χ4n) is 1.56. The van der Waals surface area contributed by atoms with E-state index in [9.17, 15) is 13.2 Å². The summed E-state index contributed by atoms with van der Waals surface area (Å²) in [4.78, 5) is 4.07. The van der Waals surface area contributed by atoms with Crippen molar-refractivity contribution in [1.82, 2.24) is 4.98 Å². The normalized spacial score (nSPS) is 12.2. The highest BCUT2D eigenvalue weighted by molar-refractivity contribution is 5.28. The molecule has 0 spiro atoms. The minimum Gasteiger partial charge on any atom is -0.261 e. The van der Waals surface area contributed by atoms with Crippen LogP contribution in [0.1, 0.15) is 43.5 Å². The van der Waals surface area contributed by atoms with E-state index in [1.807, 2.05) is 20.8 Å². The molecule has 1 rings (SSSR count). The number of hydrogen-bond donors (Lipinski definition) is 0. The third-order valence-electron chi connectivity index (χ3n) is 2.47. The number of pyridine rings is 1. The number of nitrogens with zero attached hydrogens (tertiary/aromatic N) is 1. The Hall–Kier alpha value is -1.06. The van der Waals surface area contributed by atoms with Gasteiger partial charge in [-0.2, -0.15) is 13.2 Å². The molecule has 0 aliphatic rings. The maximum absolute atomic E-state index is 12.3. The van der Waals surface area contributed by atoms with Gasteiger partial charge in [0.05, 0.1) is 6.42 Å². The molecule has 1 aromatic heterocycles. The van der Waals surface area contributed by atoms with Gasteiger partial charge < -0.3 is 0 Å². The van der Waals surface area contributed by atoms with E-state index in [-0.39, 0.29) is 5.92 Å². The summed E-state index contributed by atoms with van der Waals surface area (Å²) in [5.74, 6) is 0.241. The second-order valence-corrected chi connectivity index (χ2v) is 4.18. The van der Waals surface area contributed by atoms with E-state index in [0.717, 1.165) is 11.3 Å². The second-order valence-electron chi connectivity index (χ2n) is 4.18. The molecule has 90 valence electrons. The van der Waals surface area contributed by atoms with Crippen LogP contribution in [0.25, 0.3) is 0 Å². The quantitative estimate of drug-likeness (QED) is 0.769. The summed E-state index contributed by atoms with van der Waals surface area (Å²) in [6.45, 7) is 5.82. The highest BCUT2D eigenvalue weighted by Gasteiger charge is 2.28. The number of alkyl halides is 3. The number of hydrogen-bond acceptors (Lipinski definition) is 1. The van der Waals surface area contributed by atoms with Crippen molar-refractivity contribution in [2.45, 2.75) is 45.7 Å². The molecular formula is C12H16F3N. The molecule has 0 aliphatic heterocycles. The van der Waals surface area contributed by atoms with Crippen LogP contribution in [-0.4, -0.2) is 11.2 Å². The summed E-state index contributed by atoms with van der Waals surface area (Å²) in [6, 6.07) is 1.78. The van der Waals surface area contributed by atoms with Gasteiger partial charge in [-0.3, -0.25) is 4.98 Å². The van der Waals surface area contributed by atoms with Gasteiger partial charge >= 0.3 is 6.18 Å². The summed E-state index contributed by atoms with van der Waals surface area (Å²) >= 11 is 0. The van der Waals surface area contributed by atoms with Crippen LogP contribution in [0.15, 0.2) is 12.3 Å². The van der Waals surface area contributed by atoms with Crippen LogP contribution in [0.4, 0.5) is 13.2 Å². The minimum absolute atomic E-state index is 0.241. The van der Waals surface area contributed by atoms with Crippen molar-refractivity contribution in [3.8, 4) is 0 Å². The summed E-state index contributed by atoms with van der Waals surface area (Å²) in [6.07, 6.45) is -3.08. The van der Waals surface area contributed by atoms with Crippen LogP contribution < -0.4 is 0 Å². The SMILES string of the molecule is CCc1cc(C(C)C)ncc1CC(F)(F)F. The molecule has 16 heavy (non-hydrogen) atoms. The average Bonchev–Trinajstić information content (AvgIpc) is 2.15. The number of aryl methyl sites for hydroxylation is 1. The lowest BCUT2D eigenvalue weighted by Gasteiger charge is -2.13. The molecule has 0 aromatic carbocycles. The van der Waals surface area contributed by atoms with Crippen molar-refractivity contribution in [2.24, 2.45) is 0 Å². The topological polar surface area (TPSA) is 12.9 Å². The molecule has 0 saturated carbocycles. The molecule has 0 unspecified atom stereocenters. The third kappa shape index (κ3) is 3.51. The average molecular weight is 231 g/mol. The molecule has 0 amide bonds. The zero-order chi connectivity index (χ0) is 12.3. The third-order valence-corrected chi connectivity index (χ3v) is 2.47. The Morgan fingerprint density at radius 2 is 1.88 bits per heavy atom. The lowest BCUT2D eigenvalue weighted by atomic mass is 10.0. The summed E-state index contributed by atoms with van der Waals surface area (Å²) in [5.41, 5.74) is 1.89. The summed E-state index contributed by atoms with van der Waals surface area (Å²) < 4.78 is 36.9. The maximum Gasteiger partial charge on any atom is 0.393 e. The maximum atomic E-state index is 12.3. The second kappa shape index (κ2) is 4.85. The van der Waals surface area contributed by atoms with Gasteiger partial charge in [-0.1, -0.05) is 20.8 Å². The van der Waals surface area contributed by atoms with Gasteiger partial charge in [0.25, 0.3) is 0 Å². The molecule has 0 saturated heterocycles. The first-order valence-corrected chi connectivity index (χ1v) is 5.38. The molecule has 0 bridgehead atoms. The van der Waals surface area contributed by atoms with Crippen LogP contribution in [-0.2, 0) is 12.8 Å². The van der Waals surface area contributed by atoms with Crippen molar-refractivity contribution in [1.29, 1.82) is 0 Å². The fraction of sp³-hybridized carbons (Fsp3) is 0.583. The molecule has 0 radical (unpaired) electrons. The van der Waals surface area contributed by atoms with Crippen LogP contribution in [0.5, 0.6) is 0 Å². The highest BCUT2D eigenvalue weighted by Crippen LogP contribution is 2.25. The van der Waals surface area contributed by atoms with Gasteiger partial charge in [-0.15, -0.1) is 0 Å². The Balaban J connectivity index is 3.02. The Morgan fingerprint density at radius 3 is 2.31 bits per heavy atom. The number of aromatic nitrogens is 1. The Morgan fingerprint density at radius 1 is 1.25 bits per heavy atom. The summed E-state index contributed by atoms with van der Waals surface area (Å²) in [5, 5.41) is 0. The zero-order valence-corrected chi connectivity index (χ0v) is 9.73. The van der Waals surface area contributed by atoms with Crippen LogP contribution in [0, 0.1) is 0 Å². The fourth-order valence-corrected chi connectivity index (χ4v) is 1.56. The highest BCUT2D eigenvalue weighted by atomic mass is 19.4. The van der Waals surface area contributed by atoms with Crippen molar-refractivity contribution < 1.29 is 13.2 Å². The van der Waals surface area contributed by atoms with Gasteiger partial charge in [0, 0.05) is 11.9 Å². The monoisotopic (exact) mass is 231 g/mol. The van der Waals surface area contributed by atoms with E-state index in [1.54, 1.807) is 6.07 Å². The standard InChI is InChI=1S/C12H16F3N/c1-4-9-5-11(8(2)3)16-7-10(9)6-12(13,14)15/h5,7-8H,4,6H2,1-3H3. The van der Waals surface area contributed by atoms with E-state index >= 15 is 0 Å². The number of rotatable bonds is 3. The lowest BCUT2D eigenvalue weighted by molar-refractivity contribution is -0.127. The van der Waals surface area contributed by atoms with E-state index in [1.165, 1.54) is 6.20 Å². The van der Waals surface area contributed by atoms with Crippen molar-refractivity contribution in [2.75, 3.05) is 0 Å². The molecule has 4 heteroatoms. The Bertz CT molecular complexity index is 356. The molecular weight excluding hydrogens is 215 g/mol. The van der Waals surface area contributed by atoms with Crippen LogP contribution in [0.2, 0.25) is 0 Å². The first-order valence-electron chi connectivity index (χ1n) is 5.38. The molecule has 0 fully saturated rings. The molecule has 1 aromatic rings. The zero-order valence-electron chi connectivity index (χ0n) is 9.73. The van der Waals surface area contributed by atoms with E-state index in [4.69, 9.17) is 0 Å². The Kier molecular flexibility index (Phi) is 3.94. The lowest BCUT2D eigenvalue weighted by Crippen LogP contribution is -2.14. The van der Waals surface area contributed by atoms with Gasteiger partial charge in [0.2, 0.25) is 0 Å². The first-order chi connectivity index (χ1) is 7.33. The van der Waals surface area contributed by atoms with Gasteiger partial charge in [-0.05, 0) is 29.5 Å². The predicted molar refractivity (Wildman–Crippen MR) is 57.5 cm³/mol. The van der Waals surface area contributed by atoms with Crippen molar-refractivity contribution in [3.63, 3.8) is 0 Å². The minimum atomic E-state index is -4.16. The molecule has 1 nitrogen and oxygen atoms in total. The van der Waals surface area contributed by atoms with Crippen LogP contribution in [0.3, 0.4) is 0 Å². The van der Waals surface area contributed by atoms with E-state index < -0.39 is 12.6 Å². The van der Waals surface area contributed by atoms with Gasteiger partial charge in [0.15, 0.2) is 0 Å². The van der Waals surface area contributed by atoms with Crippen LogP contribution >= 0.6 is 0 Å². The number of halogens is 3. The molecule has 0 atom stereocenters. The Labute approximate surface area is 93.7 Å². The largest absolute Gasteiger partial charge is 0.393 e. The van der Waals surface area contributed by atoms with E-state index in [2.05, 4.69) is 4.98 Å². The predicted octanol–water partition coefficient (Wildman–Crippen LogP) is 3.87. The molecule has 1 heterocycles. The van der Waals surface area contributed by atoms with Gasteiger partial charge in [0.1, 0.15) is 0 Å². The summed E-state index contributed by atoms with van der Waals surface area (Å²) in [7, 11) is 0. The van der Waals surface area contributed by atoms with E-state index in [0.29, 0.717) is 12.0 Å². The van der Waals surface area contributed by atoms with Gasteiger partial charge in [-0.25, -0.2) is 0 Å². The van der Waals surface area contributed by atoms with Crippen molar-refractivity contribution >= 4 is 0 Å². The molecule has 0 N–H and O–H groups in total. The smallest absolute Gasteiger partial charge is 0.261 e. The molecule has 0 aliphatic carbocycles. The van der Waals surface area contributed by atoms with Crippen molar-refractivity contribution in [3.05, 3.63) is 29.1 Å². The first kappa shape index (κ1) is 13.0.